The first-order valence-corrected chi connectivity index (χ1v) is 6.46. The molecule has 2 rings (SSSR count). The van der Waals surface area contributed by atoms with Crippen molar-refractivity contribution >= 4 is 0 Å². The molecule has 1 aromatic rings. The van der Waals surface area contributed by atoms with E-state index in [-0.39, 0.29) is 11.3 Å². The first-order valence-electron chi connectivity index (χ1n) is 6.46. The predicted molar refractivity (Wildman–Crippen MR) is 67.6 cm³/mol. The van der Waals surface area contributed by atoms with Crippen molar-refractivity contribution < 1.29 is 13.9 Å². The van der Waals surface area contributed by atoms with Crippen LogP contribution >= 0.6 is 0 Å². The van der Waals surface area contributed by atoms with Crippen LogP contribution in [0.4, 0.5) is 8.78 Å². The van der Waals surface area contributed by atoms with E-state index in [9.17, 15) is 8.78 Å². The lowest BCUT2D eigenvalue weighted by Gasteiger charge is -2.39. The average molecular weight is 254 g/mol. The lowest BCUT2D eigenvalue weighted by atomic mass is 9.66. The lowest BCUT2D eigenvalue weighted by molar-refractivity contribution is 0.168. The second-order valence-corrected chi connectivity index (χ2v) is 6.44. The minimum atomic E-state index is -0.873. The quantitative estimate of drug-likeness (QED) is 0.776. The Labute approximate surface area is 107 Å². The van der Waals surface area contributed by atoms with Crippen molar-refractivity contribution in [2.75, 3.05) is 0 Å². The highest BCUT2D eigenvalue weighted by atomic mass is 19.1. The number of aromatic hydroxyl groups is 1. The van der Waals surface area contributed by atoms with E-state index in [1.807, 2.05) is 0 Å². The van der Waals surface area contributed by atoms with E-state index in [2.05, 4.69) is 20.8 Å². The molecule has 1 aromatic carbocycles. The Morgan fingerprint density at radius 1 is 1.17 bits per heavy atom. The zero-order valence-electron chi connectivity index (χ0n) is 11.1. The van der Waals surface area contributed by atoms with Crippen molar-refractivity contribution in [2.45, 2.75) is 46.0 Å². The van der Waals surface area contributed by atoms with Crippen molar-refractivity contribution in [2.24, 2.45) is 11.3 Å². The van der Waals surface area contributed by atoms with Gasteiger partial charge in [0.1, 0.15) is 0 Å². The third kappa shape index (κ3) is 2.65. The molecule has 18 heavy (non-hydrogen) atoms. The summed E-state index contributed by atoms with van der Waals surface area (Å²) in [5, 5.41) is 9.13. The van der Waals surface area contributed by atoms with Gasteiger partial charge in [0.05, 0.1) is 0 Å². The third-order valence-electron chi connectivity index (χ3n) is 3.90. The van der Waals surface area contributed by atoms with Crippen molar-refractivity contribution in [3.8, 4) is 5.75 Å². The standard InChI is InChI=1S/C15H20F2O/c1-9-4-11(8-15(2,3)7-9)10-5-12(16)14(18)13(17)6-10/h5-6,9,11,18H,4,7-8H2,1-3H3. The Bertz CT molecular complexity index is 431. The first kappa shape index (κ1) is 13.3. The Kier molecular flexibility index (Phi) is 3.35. The average Bonchev–Trinajstić information content (AvgIpc) is 2.22. The van der Waals surface area contributed by atoms with Gasteiger partial charge >= 0.3 is 0 Å². The van der Waals surface area contributed by atoms with E-state index in [0.29, 0.717) is 11.5 Å². The summed E-state index contributed by atoms with van der Waals surface area (Å²) in [4.78, 5) is 0. The van der Waals surface area contributed by atoms with Crippen molar-refractivity contribution in [3.05, 3.63) is 29.3 Å². The highest BCUT2D eigenvalue weighted by molar-refractivity contribution is 5.32. The molecule has 3 heteroatoms. The number of halogens is 2. The van der Waals surface area contributed by atoms with Crippen LogP contribution in [0.15, 0.2) is 12.1 Å². The Balaban J connectivity index is 2.31. The van der Waals surface area contributed by atoms with E-state index < -0.39 is 17.4 Å². The number of benzene rings is 1. The molecular formula is C15H20F2O. The number of rotatable bonds is 1. The van der Waals surface area contributed by atoms with E-state index in [1.54, 1.807) is 0 Å². The van der Waals surface area contributed by atoms with Crippen LogP contribution in [0.1, 0.15) is 51.5 Å². The van der Waals surface area contributed by atoms with Gasteiger partial charge in [-0.2, -0.15) is 0 Å². The van der Waals surface area contributed by atoms with Gasteiger partial charge in [-0.1, -0.05) is 20.8 Å². The van der Waals surface area contributed by atoms with E-state index >= 15 is 0 Å². The number of hydrogen-bond donors (Lipinski definition) is 1. The van der Waals surface area contributed by atoms with E-state index in [1.165, 1.54) is 12.1 Å². The van der Waals surface area contributed by atoms with Crippen molar-refractivity contribution in [1.82, 2.24) is 0 Å². The SMILES string of the molecule is CC1CC(c2cc(F)c(O)c(F)c2)CC(C)(C)C1. The minimum Gasteiger partial charge on any atom is -0.503 e. The second-order valence-electron chi connectivity index (χ2n) is 6.44. The zero-order chi connectivity index (χ0) is 13.5. The van der Waals surface area contributed by atoms with Gasteiger partial charge in [-0.05, 0) is 54.2 Å². The molecule has 0 radical (unpaired) electrons. The summed E-state index contributed by atoms with van der Waals surface area (Å²) in [5.74, 6) is -1.86. The first-order chi connectivity index (χ1) is 8.28. The fraction of sp³-hybridized carbons (Fsp3) is 0.600. The minimum absolute atomic E-state index is 0.174. The molecule has 0 bridgehead atoms. The van der Waals surface area contributed by atoms with Gasteiger partial charge < -0.3 is 5.11 Å². The van der Waals surface area contributed by atoms with Gasteiger partial charge in [0.2, 0.25) is 0 Å². The highest BCUT2D eigenvalue weighted by Gasteiger charge is 2.33. The molecule has 1 N–H and O–H groups in total. The Hall–Kier alpha value is -1.12. The summed E-state index contributed by atoms with van der Waals surface area (Å²) in [7, 11) is 0. The predicted octanol–water partition coefficient (Wildman–Crippen LogP) is 4.60. The van der Waals surface area contributed by atoms with Gasteiger partial charge in [-0.25, -0.2) is 8.78 Å². The number of phenols is 1. The molecule has 0 saturated heterocycles. The topological polar surface area (TPSA) is 20.2 Å². The summed E-state index contributed by atoms with van der Waals surface area (Å²) < 4.78 is 26.8. The molecule has 100 valence electrons. The van der Waals surface area contributed by atoms with Gasteiger partial charge in [-0.3, -0.25) is 0 Å². The molecule has 0 aromatic heterocycles. The van der Waals surface area contributed by atoms with Crippen LogP contribution in [0.2, 0.25) is 0 Å². The Morgan fingerprint density at radius 3 is 2.22 bits per heavy atom. The molecule has 0 amide bonds. The fourth-order valence-corrected chi connectivity index (χ4v) is 3.42. The van der Waals surface area contributed by atoms with Gasteiger partial charge in [0, 0.05) is 0 Å². The summed E-state index contributed by atoms with van der Waals surface area (Å²) >= 11 is 0. The summed E-state index contributed by atoms with van der Waals surface area (Å²) in [6.07, 6.45) is 3.03. The third-order valence-corrected chi connectivity index (χ3v) is 3.90. The fourth-order valence-electron chi connectivity index (χ4n) is 3.42. The van der Waals surface area contributed by atoms with Crippen molar-refractivity contribution in [3.63, 3.8) is 0 Å². The molecule has 1 aliphatic carbocycles. The highest BCUT2D eigenvalue weighted by Crippen LogP contribution is 2.46. The lowest BCUT2D eigenvalue weighted by Crippen LogP contribution is -2.26. The Morgan fingerprint density at radius 2 is 1.72 bits per heavy atom. The van der Waals surface area contributed by atoms with Crippen molar-refractivity contribution in [1.29, 1.82) is 0 Å². The maximum absolute atomic E-state index is 13.4. The maximum Gasteiger partial charge on any atom is 0.187 e. The summed E-state index contributed by atoms with van der Waals surface area (Å²) in [5.41, 5.74) is 0.870. The molecule has 1 fully saturated rings. The molecule has 2 atom stereocenters. The van der Waals surface area contributed by atoms with Crippen LogP contribution in [0.5, 0.6) is 5.75 Å². The van der Waals surface area contributed by atoms with Crippen LogP contribution in [0, 0.1) is 23.0 Å². The molecule has 0 spiro atoms. The zero-order valence-corrected chi connectivity index (χ0v) is 11.1. The molecule has 0 aliphatic heterocycles. The van der Waals surface area contributed by atoms with Gasteiger partial charge in [0.15, 0.2) is 17.4 Å². The van der Waals surface area contributed by atoms with E-state index in [0.717, 1.165) is 19.3 Å². The smallest absolute Gasteiger partial charge is 0.187 e. The summed E-state index contributed by atoms with van der Waals surface area (Å²) in [6.45, 7) is 6.58. The molecule has 0 heterocycles. The van der Waals surface area contributed by atoms with Crippen LogP contribution in [-0.2, 0) is 0 Å². The summed E-state index contributed by atoms with van der Waals surface area (Å²) in [6, 6.07) is 2.55. The molecule has 1 saturated carbocycles. The van der Waals surface area contributed by atoms with Crippen LogP contribution in [0.25, 0.3) is 0 Å². The molecule has 1 aliphatic rings. The monoisotopic (exact) mass is 254 g/mol. The molecular weight excluding hydrogens is 234 g/mol. The van der Waals surface area contributed by atoms with Gasteiger partial charge in [-0.15, -0.1) is 0 Å². The normalized spacial score (nSPS) is 27.2. The van der Waals surface area contributed by atoms with Crippen LogP contribution in [-0.4, -0.2) is 5.11 Å². The number of hydrogen-bond acceptors (Lipinski definition) is 1. The second kappa shape index (κ2) is 4.52. The van der Waals surface area contributed by atoms with Gasteiger partial charge in [0.25, 0.3) is 0 Å². The van der Waals surface area contributed by atoms with Crippen LogP contribution < -0.4 is 0 Å². The maximum atomic E-state index is 13.4. The number of phenolic OH excluding ortho intramolecular Hbond substituents is 1. The molecule has 2 unspecified atom stereocenters. The van der Waals surface area contributed by atoms with E-state index in [4.69, 9.17) is 5.11 Å². The van der Waals surface area contributed by atoms with Crippen LogP contribution in [0.3, 0.4) is 0 Å². The largest absolute Gasteiger partial charge is 0.503 e. The molecule has 1 nitrogen and oxygen atoms in total.